The summed E-state index contributed by atoms with van der Waals surface area (Å²) in [6.07, 6.45) is 6.94. The molecule has 1 rings (SSSR count). The van der Waals surface area contributed by atoms with Gasteiger partial charge in [-0.1, -0.05) is 5.57 Å². The Bertz CT molecular complexity index is 369. The Hall–Kier alpha value is -0.980. The molecule has 1 N–H and O–H groups in total. The Labute approximate surface area is 83.2 Å². The summed E-state index contributed by atoms with van der Waals surface area (Å²) >= 11 is 0. The second kappa shape index (κ2) is 4.50. The summed E-state index contributed by atoms with van der Waals surface area (Å²) < 4.78 is 31.2. The highest BCUT2D eigenvalue weighted by atomic mass is 32.2. The highest BCUT2D eigenvalue weighted by molar-refractivity contribution is 7.85. The second-order valence-electron chi connectivity index (χ2n) is 3.13. The summed E-state index contributed by atoms with van der Waals surface area (Å²) in [7, 11) is -4.15. The van der Waals surface area contributed by atoms with Crippen molar-refractivity contribution >= 4 is 16.5 Å². The predicted octanol–water partition coefficient (Wildman–Crippen LogP) is -1.12. The summed E-state index contributed by atoms with van der Waals surface area (Å²) in [6, 6.07) is 0. The predicted molar refractivity (Wildman–Crippen MR) is 51.8 cm³/mol. The number of nitrogens with zero attached hydrogens (tertiary/aromatic N) is 1. The Balaban J connectivity index is 2.44. The first-order chi connectivity index (χ1) is 6.47. The van der Waals surface area contributed by atoms with E-state index < -0.39 is 15.9 Å². The van der Waals surface area contributed by atoms with Gasteiger partial charge in [0.05, 0.1) is 22.1 Å². The molecule has 1 aliphatic rings. The van der Waals surface area contributed by atoms with Crippen molar-refractivity contribution in [2.24, 2.45) is 4.99 Å². The van der Waals surface area contributed by atoms with Crippen LogP contribution in [0.1, 0.15) is 6.92 Å². The molecule has 14 heavy (non-hydrogen) atoms. The van der Waals surface area contributed by atoms with E-state index in [4.69, 9.17) is 0 Å². The molecule has 1 heterocycles. The van der Waals surface area contributed by atoms with Gasteiger partial charge in [-0.15, -0.1) is 0 Å². The summed E-state index contributed by atoms with van der Waals surface area (Å²) in [4.78, 5) is 4.87. The van der Waals surface area contributed by atoms with E-state index in [0.717, 1.165) is 4.90 Å². The van der Waals surface area contributed by atoms with Gasteiger partial charge in [-0.2, -0.15) is 0 Å². The molecular weight excluding hydrogens is 204 g/mol. The zero-order chi connectivity index (χ0) is 10.6. The number of hydrogen-bond donors (Lipinski definition) is 1. The fourth-order valence-electron chi connectivity index (χ4n) is 1.07. The van der Waals surface area contributed by atoms with Crippen LogP contribution in [0.15, 0.2) is 29.0 Å². The molecule has 1 atom stereocenters. The van der Waals surface area contributed by atoms with Crippen molar-refractivity contribution in [3.63, 3.8) is 0 Å². The van der Waals surface area contributed by atoms with E-state index in [1.807, 2.05) is 6.20 Å². The van der Waals surface area contributed by atoms with Crippen LogP contribution in [0.3, 0.4) is 0 Å². The molecule has 0 aromatic rings. The summed E-state index contributed by atoms with van der Waals surface area (Å²) in [5.41, 5.74) is 0.571. The third-order valence-corrected chi connectivity index (χ3v) is 2.51. The number of nitrogens with one attached hydrogen (secondary N) is 1. The molecule has 1 unspecified atom stereocenters. The minimum atomic E-state index is -4.15. The quantitative estimate of drug-likeness (QED) is 0.477. The summed E-state index contributed by atoms with van der Waals surface area (Å²) in [5.74, 6) is -0.416. The number of aliphatic imine (C=N–C) groups is 1. The smallest absolute Gasteiger partial charge is 0.193 e. The van der Waals surface area contributed by atoms with Crippen molar-refractivity contribution < 1.29 is 17.9 Å². The largest absolute Gasteiger partial charge is 0.748 e. The maximum Gasteiger partial charge on any atom is 0.193 e. The first-order valence-corrected chi connectivity index (χ1v) is 5.70. The molecule has 78 valence electrons. The van der Waals surface area contributed by atoms with Crippen LogP contribution in [0.5, 0.6) is 0 Å². The average molecular weight is 216 g/mol. The van der Waals surface area contributed by atoms with E-state index in [-0.39, 0.29) is 0 Å². The van der Waals surface area contributed by atoms with Gasteiger partial charge in [0.25, 0.3) is 0 Å². The fourth-order valence-corrected chi connectivity index (χ4v) is 1.75. The lowest BCUT2D eigenvalue weighted by molar-refractivity contribution is -0.728. The Morgan fingerprint density at radius 3 is 2.86 bits per heavy atom. The Morgan fingerprint density at radius 2 is 2.36 bits per heavy atom. The molecule has 0 amide bonds. The minimum absolute atomic E-state index is 0.416. The molecule has 0 saturated heterocycles. The summed E-state index contributed by atoms with van der Waals surface area (Å²) in [6.45, 7) is 2.24. The van der Waals surface area contributed by atoms with Gasteiger partial charge in [0.2, 0.25) is 0 Å². The molecule has 0 saturated carbocycles. The Kier molecular flexibility index (Phi) is 3.56. The van der Waals surface area contributed by atoms with Crippen LogP contribution < -0.4 is 4.90 Å². The monoisotopic (exact) mass is 216 g/mol. The molecule has 0 spiro atoms. The third-order valence-electron chi connectivity index (χ3n) is 1.71. The van der Waals surface area contributed by atoms with E-state index in [1.165, 1.54) is 0 Å². The topological polar surface area (TPSA) is 74.0 Å². The zero-order valence-corrected chi connectivity index (χ0v) is 8.62. The van der Waals surface area contributed by atoms with Crippen LogP contribution in [-0.2, 0) is 10.1 Å². The van der Waals surface area contributed by atoms with Crippen LogP contribution in [0.4, 0.5) is 0 Å². The van der Waals surface area contributed by atoms with Gasteiger partial charge in [-0.05, 0) is 13.0 Å². The van der Waals surface area contributed by atoms with Crippen LogP contribution in [0.2, 0.25) is 0 Å². The van der Waals surface area contributed by atoms with E-state index >= 15 is 0 Å². The van der Waals surface area contributed by atoms with Gasteiger partial charge >= 0.3 is 0 Å². The maximum absolute atomic E-state index is 10.4. The average Bonchev–Trinajstić information content (AvgIpc) is 2.49. The molecule has 6 heteroatoms. The van der Waals surface area contributed by atoms with Crippen molar-refractivity contribution in [2.45, 2.75) is 6.92 Å². The van der Waals surface area contributed by atoms with E-state index in [1.54, 1.807) is 25.5 Å². The fraction of sp³-hybridized carbons (Fsp3) is 0.375. The van der Waals surface area contributed by atoms with E-state index in [2.05, 4.69) is 4.99 Å². The summed E-state index contributed by atoms with van der Waals surface area (Å²) in [5, 5.41) is 0. The van der Waals surface area contributed by atoms with Crippen molar-refractivity contribution in [3.05, 3.63) is 24.0 Å². The molecule has 0 aromatic carbocycles. The van der Waals surface area contributed by atoms with Gasteiger partial charge in [-0.25, -0.2) is 13.4 Å². The van der Waals surface area contributed by atoms with E-state index in [9.17, 15) is 13.0 Å². The van der Waals surface area contributed by atoms with Crippen molar-refractivity contribution in [1.29, 1.82) is 0 Å². The van der Waals surface area contributed by atoms with Gasteiger partial charge in [0.15, 0.2) is 6.34 Å². The third kappa shape index (κ3) is 4.31. The number of quaternary nitrogens is 1. The molecule has 0 bridgehead atoms. The lowest BCUT2D eigenvalue weighted by atomic mass is 10.3. The molecule has 1 aliphatic heterocycles. The van der Waals surface area contributed by atoms with E-state index in [0.29, 0.717) is 12.1 Å². The van der Waals surface area contributed by atoms with Gasteiger partial charge in [0.1, 0.15) is 12.7 Å². The first-order valence-electron chi connectivity index (χ1n) is 4.12. The van der Waals surface area contributed by atoms with Crippen LogP contribution in [0.25, 0.3) is 0 Å². The van der Waals surface area contributed by atoms with Crippen LogP contribution in [0, 0.1) is 0 Å². The highest BCUT2D eigenvalue weighted by Crippen LogP contribution is 1.95. The lowest BCUT2D eigenvalue weighted by Gasteiger charge is -2.07. The second-order valence-corrected chi connectivity index (χ2v) is 4.53. The molecule has 0 fully saturated rings. The normalized spacial score (nSPS) is 21.9. The van der Waals surface area contributed by atoms with Gasteiger partial charge < -0.3 is 4.55 Å². The Morgan fingerprint density at radius 1 is 1.64 bits per heavy atom. The van der Waals surface area contributed by atoms with Crippen LogP contribution in [-0.4, -0.2) is 31.6 Å². The lowest BCUT2D eigenvalue weighted by Crippen LogP contribution is -3.05. The van der Waals surface area contributed by atoms with Crippen molar-refractivity contribution in [2.75, 3.05) is 12.3 Å². The standard InChI is InChI=1S/C8H12N2O3S/c1-8(6-14(11,12)13)2-4-10-5-3-9-7-10/h2-3,5,7H,4,6H2,1H3,(H,11,12,13). The molecular formula is C8H12N2O3S. The SMILES string of the molecule is CC(=CC[NH+]1C=CN=C1)CS(=O)(=O)[O-]. The van der Waals surface area contributed by atoms with Gasteiger partial charge in [-0.3, -0.25) is 4.90 Å². The minimum Gasteiger partial charge on any atom is -0.748 e. The van der Waals surface area contributed by atoms with Gasteiger partial charge in [0, 0.05) is 0 Å². The maximum atomic E-state index is 10.4. The molecule has 0 aliphatic carbocycles. The first kappa shape index (κ1) is 11.1. The molecule has 0 radical (unpaired) electrons. The highest BCUT2D eigenvalue weighted by Gasteiger charge is 2.03. The zero-order valence-electron chi connectivity index (χ0n) is 7.80. The number of hydrogen-bond acceptors (Lipinski definition) is 4. The van der Waals surface area contributed by atoms with Crippen molar-refractivity contribution in [3.8, 4) is 0 Å². The van der Waals surface area contributed by atoms with Crippen molar-refractivity contribution in [1.82, 2.24) is 0 Å². The molecule has 0 aromatic heterocycles. The molecule has 5 nitrogen and oxygen atoms in total. The van der Waals surface area contributed by atoms with Crippen LogP contribution >= 0.6 is 0 Å². The number of rotatable bonds is 4.